The fourth-order valence-corrected chi connectivity index (χ4v) is 20.2. The van der Waals surface area contributed by atoms with Gasteiger partial charge in [-0.05, 0) is 336 Å². The summed E-state index contributed by atoms with van der Waals surface area (Å²) in [5, 5.41) is 0. The maximum Gasteiger partial charge on any atom is -0.0111 e. The van der Waals surface area contributed by atoms with Gasteiger partial charge in [-0.15, -0.1) is 0 Å². The maximum atomic E-state index is 2.65. The SMILES string of the molecule is CCCCCc1c(C)c(CCCCC)c(C)c(C(C)CCC)c1C.CCCCCc1c(CC)c(CCCCC)c(CC)c(C(C)CCC)c1CC.CCCCCc1cc(CCCCC)c(-c2ccccc2)c(C(C)CCC)c1-c1ccccc1.CCCCCc1cc(CCCCC)c(C(C)(C)C)c(C(C)CCC)c1C(C)(C)C. The molecule has 6 rings (SSSR count). The molecule has 638 valence electrons. The van der Waals surface area contributed by atoms with Crippen LogP contribution in [0.3, 0.4) is 0 Å². The highest BCUT2D eigenvalue weighted by molar-refractivity contribution is 5.84. The fourth-order valence-electron chi connectivity index (χ4n) is 20.2. The van der Waals surface area contributed by atoms with E-state index in [-0.39, 0.29) is 10.8 Å². The van der Waals surface area contributed by atoms with E-state index in [0.717, 1.165) is 0 Å². The van der Waals surface area contributed by atoms with Gasteiger partial charge in [0.05, 0.1) is 0 Å². The molecular weight excluding hydrogens is 1360 g/mol. The zero-order valence-corrected chi connectivity index (χ0v) is 80.6. The van der Waals surface area contributed by atoms with Crippen LogP contribution in [0.1, 0.15) is 514 Å². The second-order valence-electron chi connectivity index (χ2n) is 37.5. The van der Waals surface area contributed by atoms with Crippen LogP contribution < -0.4 is 0 Å². The normalized spacial score (nSPS) is 12.7. The summed E-state index contributed by atoms with van der Waals surface area (Å²) in [6.07, 6.45) is 55.6. The van der Waals surface area contributed by atoms with Gasteiger partial charge in [0, 0.05) is 0 Å². The minimum atomic E-state index is 0.195. The molecule has 0 nitrogen and oxygen atoms in total. The standard InChI is InChI=1S/C33H44.C29H52.C27H48.C24H42/c1-5-8-12-23-29-25-30(24-13-9-6-2)33(28-21-16-11-17-22-28)31(26(4)18-7-3)32(29)27-19-14-10-15-20-27;1-11-14-16-19-23-21-24(20-17-15-12-2)27(29(8,9)10)25(22(4)18-13-3)26(23)28(5,6)7;1-8-14-16-19-25-22(11-4)26(20-17-15-9-2)24(13-6)27(23(25)12-5)21(7)18-10-3;1-8-11-13-16-22-19(5)23(17-14-12-9-2)21(7)24(20(22)6)18(4)15-10-3/h10-11,14-17,19-22,25-26H,5-9,12-13,18,23-24H2,1-4H3;21-22H,11-20H2,1-10H3;21H,8-20H2,1-7H3;18H,8-17H2,1-7H3. The molecule has 0 fully saturated rings. The predicted molar refractivity (Wildman–Crippen MR) is 516 cm³/mol. The highest BCUT2D eigenvalue weighted by Gasteiger charge is 2.33. The summed E-state index contributed by atoms with van der Waals surface area (Å²) < 4.78 is 0. The van der Waals surface area contributed by atoms with Gasteiger partial charge in [-0.25, -0.2) is 0 Å². The van der Waals surface area contributed by atoms with Gasteiger partial charge in [0.25, 0.3) is 0 Å². The quantitative estimate of drug-likeness (QED) is 0.0334. The smallest absolute Gasteiger partial charge is 0.0111 e. The third-order valence-corrected chi connectivity index (χ3v) is 25.6. The van der Waals surface area contributed by atoms with Gasteiger partial charge in [-0.1, -0.05) is 374 Å². The molecule has 4 unspecified atom stereocenters. The Morgan fingerprint density at radius 2 is 0.496 bits per heavy atom. The van der Waals surface area contributed by atoms with Crippen molar-refractivity contribution in [2.24, 2.45) is 0 Å². The van der Waals surface area contributed by atoms with Crippen LogP contribution in [0.2, 0.25) is 0 Å². The number of benzene rings is 6. The van der Waals surface area contributed by atoms with Gasteiger partial charge in [-0.2, -0.15) is 0 Å². The van der Waals surface area contributed by atoms with E-state index in [1.54, 1.807) is 111 Å². The highest BCUT2D eigenvalue weighted by atomic mass is 14.4. The molecule has 113 heavy (non-hydrogen) atoms. The summed E-state index contributed by atoms with van der Waals surface area (Å²) in [6, 6.07) is 27.7. The Morgan fingerprint density at radius 1 is 0.239 bits per heavy atom. The Balaban J connectivity index is 0.000000393. The number of hydrogen-bond acceptors (Lipinski definition) is 0. The summed E-state index contributed by atoms with van der Waals surface area (Å²) in [7, 11) is 0. The second kappa shape index (κ2) is 56.7. The maximum absolute atomic E-state index is 2.65. The summed E-state index contributed by atoms with van der Waals surface area (Å²) >= 11 is 0. The van der Waals surface area contributed by atoms with Gasteiger partial charge in [0.2, 0.25) is 0 Å². The van der Waals surface area contributed by atoms with Crippen LogP contribution in [0.5, 0.6) is 0 Å². The van der Waals surface area contributed by atoms with Gasteiger partial charge in [0.1, 0.15) is 0 Å². The molecule has 0 spiro atoms. The Labute approximate surface area is 706 Å². The molecule has 0 aliphatic rings. The largest absolute Gasteiger partial charge is 0.0654 e. The zero-order valence-electron chi connectivity index (χ0n) is 80.6. The van der Waals surface area contributed by atoms with Crippen molar-refractivity contribution in [1.29, 1.82) is 0 Å². The Kier molecular flexibility index (Phi) is 51.4. The molecule has 4 atom stereocenters. The third-order valence-electron chi connectivity index (χ3n) is 25.6. The predicted octanol–water partition coefficient (Wildman–Crippen LogP) is 36.8. The van der Waals surface area contributed by atoms with E-state index < -0.39 is 0 Å². The molecule has 0 heterocycles. The third kappa shape index (κ3) is 31.9. The average molecular weight is 1540 g/mol. The average Bonchev–Trinajstić information content (AvgIpc) is 0.763. The summed E-state index contributed by atoms with van der Waals surface area (Å²) in [5.41, 5.74) is 39.7. The minimum Gasteiger partial charge on any atom is -0.0654 e. The minimum absolute atomic E-state index is 0.195. The van der Waals surface area contributed by atoms with E-state index in [1.165, 1.54) is 298 Å². The summed E-state index contributed by atoms with van der Waals surface area (Å²) in [4.78, 5) is 0. The van der Waals surface area contributed by atoms with Crippen LogP contribution in [0.15, 0.2) is 72.8 Å². The van der Waals surface area contributed by atoms with E-state index in [9.17, 15) is 0 Å². The van der Waals surface area contributed by atoms with E-state index in [4.69, 9.17) is 0 Å². The Hall–Kier alpha value is -4.68. The van der Waals surface area contributed by atoms with Crippen molar-refractivity contribution in [3.8, 4) is 22.3 Å². The Morgan fingerprint density at radius 3 is 0.779 bits per heavy atom. The summed E-state index contributed by atoms with van der Waals surface area (Å²) in [6.45, 7) is 66.8. The van der Waals surface area contributed by atoms with Crippen molar-refractivity contribution < 1.29 is 0 Å². The molecule has 0 N–H and O–H groups in total. The van der Waals surface area contributed by atoms with E-state index >= 15 is 0 Å². The lowest BCUT2D eigenvalue weighted by molar-refractivity contribution is 0.519. The molecule has 0 radical (unpaired) electrons. The van der Waals surface area contributed by atoms with Crippen molar-refractivity contribution in [2.75, 3.05) is 0 Å². The van der Waals surface area contributed by atoms with Crippen molar-refractivity contribution in [3.63, 3.8) is 0 Å². The molecule has 0 aliphatic heterocycles. The first-order chi connectivity index (χ1) is 54.3. The van der Waals surface area contributed by atoms with Crippen molar-refractivity contribution in [1.82, 2.24) is 0 Å². The number of rotatable bonds is 49. The van der Waals surface area contributed by atoms with E-state index in [2.05, 4.69) is 267 Å². The van der Waals surface area contributed by atoms with Crippen LogP contribution in [-0.4, -0.2) is 0 Å². The van der Waals surface area contributed by atoms with Gasteiger partial charge >= 0.3 is 0 Å². The van der Waals surface area contributed by atoms with Gasteiger partial charge in [0.15, 0.2) is 0 Å². The number of unbranched alkanes of at least 4 members (excludes halogenated alkanes) is 16. The van der Waals surface area contributed by atoms with Crippen molar-refractivity contribution >= 4 is 0 Å². The number of aryl methyl sites for hydroxylation is 4. The second-order valence-corrected chi connectivity index (χ2v) is 37.5. The lowest BCUT2D eigenvalue weighted by Gasteiger charge is -2.37. The van der Waals surface area contributed by atoms with E-state index in [1.807, 2.05) is 0 Å². The van der Waals surface area contributed by atoms with Crippen LogP contribution >= 0.6 is 0 Å². The van der Waals surface area contributed by atoms with Crippen LogP contribution in [0.4, 0.5) is 0 Å². The zero-order chi connectivity index (χ0) is 84.1. The first-order valence-electron chi connectivity index (χ1n) is 49.1. The first-order valence-corrected chi connectivity index (χ1v) is 49.1. The van der Waals surface area contributed by atoms with Crippen LogP contribution in [-0.2, 0) is 81.5 Å². The monoisotopic (exact) mass is 1540 g/mol. The molecule has 0 saturated heterocycles. The fraction of sp³-hybridized carbons (Fsp3) is 0.681. The van der Waals surface area contributed by atoms with Gasteiger partial charge < -0.3 is 0 Å². The molecule has 0 heteroatoms. The first kappa shape index (κ1) is 103. The van der Waals surface area contributed by atoms with Crippen LogP contribution in [0, 0.1) is 20.8 Å². The lowest BCUT2D eigenvalue weighted by Crippen LogP contribution is -2.26. The highest BCUT2D eigenvalue weighted by Crippen LogP contribution is 2.48. The lowest BCUT2D eigenvalue weighted by atomic mass is 9.68. The molecule has 0 aromatic heterocycles. The Bertz CT molecular complexity index is 3310. The van der Waals surface area contributed by atoms with Crippen molar-refractivity contribution in [2.45, 2.75) is 504 Å². The van der Waals surface area contributed by atoms with E-state index in [0.29, 0.717) is 23.7 Å². The molecule has 6 aromatic rings. The summed E-state index contributed by atoms with van der Waals surface area (Å²) in [5.74, 6) is 2.59. The molecule has 0 bridgehead atoms. The molecule has 0 saturated carbocycles. The molecule has 0 aliphatic carbocycles. The molecular formula is C113H186. The molecule has 0 amide bonds. The van der Waals surface area contributed by atoms with Gasteiger partial charge in [-0.3, -0.25) is 0 Å². The number of hydrogen-bond donors (Lipinski definition) is 0. The van der Waals surface area contributed by atoms with Crippen molar-refractivity contribution in [3.05, 3.63) is 184 Å². The van der Waals surface area contributed by atoms with Crippen LogP contribution in [0.25, 0.3) is 22.3 Å². The topological polar surface area (TPSA) is 0 Å². The molecule has 6 aromatic carbocycles.